The first-order chi connectivity index (χ1) is 10.1. The van der Waals surface area contributed by atoms with Gasteiger partial charge >= 0.3 is 0 Å². The van der Waals surface area contributed by atoms with Crippen molar-refractivity contribution in [1.82, 2.24) is 9.55 Å². The van der Waals surface area contributed by atoms with Gasteiger partial charge in [-0.15, -0.1) is 0 Å². The number of imidazole rings is 1. The number of aromatic nitrogens is 2. The SMILES string of the molecule is [2H]Cn1c(Nc2ccc(Br)cc2F)nc2c(F)cccc21. The van der Waals surface area contributed by atoms with Gasteiger partial charge < -0.3 is 9.88 Å². The monoisotopic (exact) mass is 338 g/mol. The first kappa shape index (κ1) is 11.8. The molecule has 3 nitrogen and oxygen atoms in total. The van der Waals surface area contributed by atoms with Gasteiger partial charge in [-0.25, -0.2) is 13.8 Å². The molecule has 1 heterocycles. The standard InChI is InChI=1S/C14H10BrF2N3/c1-20-12-4-2-3-9(16)13(12)19-14(20)18-11-6-5-8(15)7-10(11)17/h2-7H,1H3,(H,18,19)/i1D. The van der Waals surface area contributed by atoms with E-state index in [1.54, 1.807) is 24.3 Å². The van der Waals surface area contributed by atoms with Gasteiger partial charge in [0.15, 0.2) is 5.82 Å². The van der Waals surface area contributed by atoms with Crippen LogP contribution in [0.2, 0.25) is 0 Å². The molecule has 0 saturated carbocycles. The number of hydrogen-bond acceptors (Lipinski definition) is 2. The first-order valence-corrected chi connectivity index (χ1v) is 6.55. The summed E-state index contributed by atoms with van der Waals surface area (Å²) in [6.07, 6.45) is 0. The average Bonchev–Trinajstić information content (AvgIpc) is 2.81. The number of aryl methyl sites for hydroxylation is 1. The van der Waals surface area contributed by atoms with Crippen molar-refractivity contribution in [2.45, 2.75) is 0 Å². The van der Waals surface area contributed by atoms with E-state index in [9.17, 15) is 8.78 Å². The molecule has 6 heteroatoms. The molecular formula is C14H10BrF2N3. The normalized spacial score (nSPS) is 11.7. The van der Waals surface area contributed by atoms with Gasteiger partial charge in [0.25, 0.3) is 0 Å². The highest BCUT2D eigenvalue weighted by molar-refractivity contribution is 9.10. The molecule has 2 aromatic carbocycles. The Morgan fingerprint density at radius 1 is 1.25 bits per heavy atom. The van der Waals surface area contributed by atoms with Gasteiger partial charge in [0.05, 0.1) is 11.2 Å². The van der Waals surface area contributed by atoms with Crippen molar-refractivity contribution in [3.8, 4) is 0 Å². The number of nitrogens with one attached hydrogen (secondary N) is 1. The molecule has 3 rings (SSSR count). The maximum Gasteiger partial charge on any atom is 0.208 e. The lowest BCUT2D eigenvalue weighted by atomic mass is 10.3. The molecule has 1 aromatic heterocycles. The fourth-order valence-corrected chi connectivity index (χ4v) is 2.25. The van der Waals surface area contributed by atoms with Crippen LogP contribution < -0.4 is 5.32 Å². The smallest absolute Gasteiger partial charge is 0.208 e. The molecule has 20 heavy (non-hydrogen) atoms. The molecule has 0 fully saturated rings. The minimum atomic E-state index is -0.473. The third kappa shape index (κ3) is 2.16. The molecule has 0 radical (unpaired) electrons. The van der Waals surface area contributed by atoms with Crippen LogP contribution in [0.3, 0.4) is 0 Å². The summed E-state index contributed by atoms with van der Waals surface area (Å²) < 4.78 is 37.3. The number of halogens is 3. The molecular weight excluding hydrogens is 328 g/mol. The third-order valence-electron chi connectivity index (χ3n) is 2.91. The summed E-state index contributed by atoms with van der Waals surface area (Å²) in [5, 5.41) is 2.80. The van der Waals surface area contributed by atoms with Crippen LogP contribution in [0, 0.1) is 11.6 Å². The predicted molar refractivity (Wildman–Crippen MR) is 78.1 cm³/mol. The highest BCUT2D eigenvalue weighted by Gasteiger charge is 2.12. The predicted octanol–water partition coefficient (Wildman–Crippen LogP) is 4.36. The second kappa shape index (κ2) is 4.86. The summed E-state index contributed by atoms with van der Waals surface area (Å²) >= 11 is 3.18. The minimum absolute atomic E-state index is 0.152. The zero-order valence-electron chi connectivity index (χ0n) is 11.2. The molecule has 0 unspecified atom stereocenters. The fraction of sp³-hybridized carbons (Fsp3) is 0.0714. The Bertz CT molecular complexity index is 819. The van der Waals surface area contributed by atoms with Crippen molar-refractivity contribution in [3.05, 3.63) is 52.5 Å². The van der Waals surface area contributed by atoms with Crippen LogP contribution in [-0.2, 0) is 7.02 Å². The first-order valence-electron chi connectivity index (χ1n) is 6.47. The van der Waals surface area contributed by atoms with Crippen LogP contribution in [0.5, 0.6) is 0 Å². The summed E-state index contributed by atoms with van der Waals surface area (Å²) in [5.41, 5.74) is 0.860. The van der Waals surface area contributed by atoms with E-state index >= 15 is 0 Å². The molecule has 1 N–H and O–H groups in total. The minimum Gasteiger partial charge on any atom is -0.323 e. The quantitative estimate of drug-likeness (QED) is 0.752. The Morgan fingerprint density at radius 3 is 2.85 bits per heavy atom. The molecule has 102 valence electrons. The van der Waals surface area contributed by atoms with Gasteiger partial charge in [-0.1, -0.05) is 22.0 Å². The second-order valence-electron chi connectivity index (χ2n) is 4.22. The number of fused-ring (bicyclic) bond motifs is 1. The Balaban J connectivity index is 2.10. The lowest BCUT2D eigenvalue weighted by Gasteiger charge is -2.07. The van der Waals surface area contributed by atoms with Crippen molar-refractivity contribution < 1.29 is 10.2 Å². The van der Waals surface area contributed by atoms with Crippen molar-refractivity contribution in [2.24, 2.45) is 7.02 Å². The van der Waals surface area contributed by atoms with Crippen LogP contribution in [0.4, 0.5) is 20.4 Å². The summed E-state index contributed by atoms with van der Waals surface area (Å²) in [6, 6.07) is 9.06. The van der Waals surface area contributed by atoms with Crippen molar-refractivity contribution >= 4 is 38.6 Å². The molecule has 0 atom stereocenters. The molecule has 0 spiro atoms. The van der Waals surface area contributed by atoms with E-state index in [1.807, 2.05) is 0 Å². The highest BCUT2D eigenvalue weighted by atomic mass is 79.9. The van der Waals surface area contributed by atoms with E-state index < -0.39 is 11.6 Å². The number of nitrogens with zero attached hydrogens (tertiary/aromatic N) is 2. The van der Waals surface area contributed by atoms with Gasteiger partial charge in [0.2, 0.25) is 5.95 Å². The van der Waals surface area contributed by atoms with E-state index in [4.69, 9.17) is 1.37 Å². The topological polar surface area (TPSA) is 29.9 Å². The highest BCUT2D eigenvalue weighted by Crippen LogP contribution is 2.26. The Labute approximate surface area is 123 Å². The van der Waals surface area contributed by atoms with E-state index in [0.29, 0.717) is 9.99 Å². The van der Waals surface area contributed by atoms with E-state index in [0.717, 1.165) is 0 Å². The Kier molecular flexibility index (Phi) is 2.88. The van der Waals surface area contributed by atoms with Gasteiger partial charge in [0, 0.05) is 12.9 Å². The molecule has 0 aliphatic carbocycles. The molecule has 3 aromatic rings. The van der Waals surface area contributed by atoms with Crippen LogP contribution in [-0.4, -0.2) is 9.55 Å². The van der Waals surface area contributed by atoms with Crippen molar-refractivity contribution in [1.29, 1.82) is 0 Å². The maximum atomic E-state index is 13.9. The Morgan fingerprint density at radius 2 is 2.10 bits per heavy atom. The van der Waals surface area contributed by atoms with Crippen molar-refractivity contribution in [3.63, 3.8) is 0 Å². The summed E-state index contributed by atoms with van der Waals surface area (Å²) in [6.45, 7) is 0. The third-order valence-corrected chi connectivity index (χ3v) is 3.40. The van der Waals surface area contributed by atoms with Crippen molar-refractivity contribution in [2.75, 3.05) is 5.32 Å². The molecule has 0 amide bonds. The van der Waals surface area contributed by atoms with Crippen LogP contribution in [0.25, 0.3) is 11.0 Å². The number of benzene rings is 2. The number of rotatable bonds is 2. The zero-order valence-corrected chi connectivity index (χ0v) is 11.8. The summed E-state index contributed by atoms with van der Waals surface area (Å²) in [7, 11) is -0.152. The summed E-state index contributed by atoms with van der Waals surface area (Å²) in [4.78, 5) is 4.12. The second-order valence-corrected chi connectivity index (χ2v) is 5.14. The summed E-state index contributed by atoms with van der Waals surface area (Å²) in [5.74, 6) is -0.709. The molecule has 0 bridgehead atoms. The number of hydrogen-bond donors (Lipinski definition) is 1. The van der Waals surface area contributed by atoms with Crippen LogP contribution in [0.1, 0.15) is 1.37 Å². The molecule has 0 aliphatic rings. The molecule has 0 aliphatic heterocycles. The van der Waals surface area contributed by atoms with Gasteiger partial charge in [0.1, 0.15) is 11.3 Å². The Hall–Kier alpha value is -1.95. The maximum absolute atomic E-state index is 13.9. The fourth-order valence-electron chi connectivity index (χ4n) is 1.92. The zero-order chi connectivity index (χ0) is 15.0. The number of anilines is 2. The number of para-hydroxylation sites is 1. The van der Waals surface area contributed by atoms with E-state index in [1.165, 1.54) is 16.7 Å². The van der Waals surface area contributed by atoms with Gasteiger partial charge in [-0.2, -0.15) is 0 Å². The van der Waals surface area contributed by atoms with Gasteiger partial charge in [-0.3, -0.25) is 0 Å². The molecule has 0 saturated heterocycles. The lowest BCUT2D eigenvalue weighted by Crippen LogP contribution is -2.00. The van der Waals surface area contributed by atoms with Crippen LogP contribution in [0.15, 0.2) is 40.9 Å². The largest absolute Gasteiger partial charge is 0.323 e. The van der Waals surface area contributed by atoms with Crippen LogP contribution >= 0.6 is 15.9 Å². The van der Waals surface area contributed by atoms with E-state index in [-0.39, 0.29) is 24.2 Å². The van der Waals surface area contributed by atoms with Gasteiger partial charge in [-0.05, 0) is 30.3 Å². The average molecular weight is 339 g/mol. The lowest BCUT2D eigenvalue weighted by molar-refractivity contribution is 0.630. The van der Waals surface area contributed by atoms with E-state index in [2.05, 4.69) is 26.2 Å².